The van der Waals surface area contributed by atoms with Gasteiger partial charge in [0.05, 0.1) is 0 Å². The first-order chi connectivity index (χ1) is 9.62. The number of hydrogen-bond donors (Lipinski definition) is 3. The third-order valence-electron chi connectivity index (χ3n) is 3.25. The van der Waals surface area contributed by atoms with Gasteiger partial charge in [-0.05, 0) is 32.6 Å². The van der Waals surface area contributed by atoms with Gasteiger partial charge in [-0.1, -0.05) is 13.8 Å². The number of aromatic nitrogens is 2. The maximum Gasteiger partial charge on any atom is 0.134 e. The zero-order valence-corrected chi connectivity index (χ0v) is 13.2. The van der Waals surface area contributed by atoms with Gasteiger partial charge in [-0.25, -0.2) is 9.97 Å². The van der Waals surface area contributed by atoms with Gasteiger partial charge in [0, 0.05) is 31.7 Å². The molecular formula is C15H28N4O. The summed E-state index contributed by atoms with van der Waals surface area (Å²) >= 11 is 0. The molecule has 0 bridgehead atoms. The largest absolute Gasteiger partial charge is 0.396 e. The fourth-order valence-electron chi connectivity index (χ4n) is 2.00. The van der Waals surface area contributed by atoms with E-state index in [0.29, 0.717) is 5.92 Å². The summed E-state index contributed by atoms with van der Waals surface area (Å²) in [7, 11) is 0. The maximum atomic E-state index is 8.95. The van der Waals surface area contributed by atoms with E-state index in [0.717, 1.165) is 55.4 Å². The predicted octanol–water partition coefficient (Wildman–Crippen LogP) is 2.60. The molecule has 0 radical (unpaired) electrons. The molecule has 0 aromatic carbocycles. The Balaban J connectivity index is 2.86. The van der Waals surface area contributed by atoms with Crippen LogP contribution < -0.4 is 10.6 Å². The third kappa shape index (κ3) is 4.96. The molecule has 0 aliphatic carbocycles. The molecule has 114 valence electrons. The van der Waals surface area contributed by atoms with Crippen LogP contribution in [-0.2, 0) is 6.42 Å². The van der Waals surface area contributed by atoms with Gasteiger partial charge in [0.15, 0.2) is 0 Å². The summed E-state index contributed by atoms with van der Waals surface area (Å²) in [6.45, 7) is 10.3. The molecule has 0 fully saturated rings. The van der Waals surface area contributed by atoms with E-state index in [1.807, 2.05) is 6.92 Å². The van der Waals surface area contributed by atoms with Gasteiger partial charge < -0.3 is 15.7 Å². The topological polar surface area (TPSA) is 70.1 Å². The highest BCUT2D eigenvalue weighted by atomic mass is 16.3. The van der Waals surface area contributed by atoms with Crippen molar-refractivity contribution >= 4 is 11.6 Å². The molecule has 0 spiro atoms. The number of aryl methyl sites for hydroxylation is 1. The van der Waals surface area contributed by atoms with Crippen LogP contribution in [0, 0.1) is 12.8 Å². The molecule has 0 saturated carbocycles. The number of aliphatic hydroxyl groups excluding tert-OH is 1. The lowest BCUT2D eigenvalue weighted by molar-refractivity contribution is 0.266. The molecule has 1 aromatic rings. The van der Waals surface area contributed by atoms with E-state index in [2.05, 4.69) is 41.4 Å². The van der Waals surface area contributed by atoms with E-state index in [4.69, 9.17) is 5.11 Å². The Kier molecular flexibility index (Phi) is 7.30. The first-order valence-corrected chi connectivity index (χ1v) is 7.58. The van der Waals surface area contributed by atoms with E-state index in [-0.39, 0.29) is 6.61 Å². The van der Waals surface area contributed by atoms with Crippen molar-refractivity contribution in [3.05, 3.63) is 11.4 Å². The lowest BCUT2D eigenvalue weighted by Crippen LogP contribution is -2.16. The van der Waals surface area contributed by atoms with Gasteiger partial charge in [-0.15, -0.1) is 0 Å². The second-order valence-electron chi connectivity index (χ2n) is 5.24. The average molecular weight is 280 g/mol. The SMILES string of the molecule is CCCc1nc(NCC)c(C)c(NCC(C)CCO)n1. The van der Waals surface area contributed by atoms with Crippen molar-refractivity contribution in [2.45, 2.75) is 47.0 Å². The van der Waals surface area contributed by atoms with Gasteiger partial charge >= 0.3 is 0 Å². The van der Waals surface area contributed by atoms with Gasteiger partial charge in [0.2, 0.25) is 0 Å². The molecule has 1 atom stereocenters. The average Bonchev–Trinajstić information content (AvgIpc) is 2.41. The van der Waals surface area contributed by atoms with Crippen molar-refractivity contribution < 1.29 is 5.11 Å². The predicted molar refractivity (Wildman–Crippen MR) is 84.3 cm³/mol. The van der Waals surface area contributed by atoms with Gasteiger partial charge in [-0.2, -0.15) is 0 Å². The first-order valence-electron chi connectivity index (χ1n) is 7.58. The van der Waals surface area contributed by atoms with Crippen LogP contribution >= 0.6 is 0 Å². The van der Waals surface area contributed by atoms with Crippen LogP contribution in [0.4, 0.5) is 11.6 Å². The second kappa shape index (κ2) is 8.74. The highest BCUT2D eigenvalue weighted by Crippen LogP contribution is 2.21. The van der Waals surface area contributed by atoms with Crippen LogP contribution in [0.2, 0.25) is 0 Å². The number of aliphatic hydroxyl groups is 1. The van der Waals surface area contributed by atoms with Gasteiger partial charge in [-0.3, -0.25) is 0 Å². The van der Waals surface area contributed by atoms with Crippen molar-refractivity contribution in [1.29, 1.82) is 0 Å². The fourth-order valence-corrected chi connectivity index (χ4v) is 2.00. The molecule has 1 rings (SSSR count). The number of anilines is 2. The highest BCUT2D eigenvalue weighted by molar-refractivity contribution is 5.57. The minimum atomic E-state index is 0.231. The summed E-state index contributed by atoms with van der Waals surface area (Å²) in [4.78, 5) is 9.19. The Morgan fingerprint density at radius 3 is 2.35 bits per heavy atom. The smallest absolute Gasteiger partial charge is 0.134 e. The first kappa shape index (κ1) is 16.7. The third-order valence-corrected chi connectivity index (χ3v) is 3.25. The summed E-state index contributed by atoms with van der Waals surface area (Å²) in [5.74, 6) is 3.13. The van der Waals surface area contributed by atoms with Crippen LogP contribution in [0.5, 0.6) is 0 Å². The number of rotatable bonds is 9. The molecule has 1 aromatic heterocycles. The Morgan fingerprint density at radius 2 is 1.80 bits per heavy atom. The Labute approximate surface area is 122 Å². The van der Waals surface area contributed by atoms with Gasteiger partial charge in [0.1, 0.15) is 17.5 Å². The lowest BCUT2D eigenvalue weighted by Gasteiger charge is -2.16. The Morgan fingerprint density at radius 1 is 1.15 bits per heavy atom. The molecular weight excluding hydrogens is 252 g/mol. The molecule has 0 aliphatic heterocycles. The molecule has 3 N–H and O–H groups in total. The van der Waals surface area contributed by atoms with E-state index in [1.54, 1.807) is 0 Å². The number of hydrogen-bond acceptors (Lipinski definition) is 5. The van der Waals surface area contributed by atoms with Crippen LogP contribution in [0.1, 0.15) is 45.0 Å². The quantitative estimate of drug-likeness (QED) is 0.648. The van der Waals surface area contributed by atoms with E-state index in [9.17, 15) is 0 Å². The summed E-state index contributed by atoms with van der Waals surface area (Å²) in [6.07, 6.45) is 2.73. The molecule has 1 heterocycles. The molecule has 0 saturated heterocycles. The molecule has 0 amide bonds. The lowest BCUT2D eigenvalue weighted by atomic mass is 10.1. The van der Waals surface area contributed by atoms with E-state index < -0.39 is 0 Å². The summed E-state index contributed by atoms with van der Waals surface area (Å²) in [5.41, 5.74) is 1.06. The highest BCUT2D eigenvalue weighted by Gasteiger charge is 2.11. The van der Waals surface area contributed by atoms with Crippen LogP contribution in [0.3, 0.4) is 0 Å². The summed E-state index contributed by atoms with van der Waals surface area (Å²) < 4.78 is 0. The molecule has 5 nitrogen and oxygen atoms in total. The summed E-state index contributed by atoms with van der Waals surface area (Å²) in [6, 6.07) is 0. The van der Waals surface area contributed by atoms with Crippen LogP contribution in [-0.4, -0.2) is 34.8 Å². The molecule has 5 heteroatoms. The fraction of sp³-hybridized carbons (Fsp3) is 0.733. The Bertz CT molecular complexity index is 409. The minimum absolute atomic E-state index is 0.231. The van der Waals surface area contributed by atoms with Crippen molar-refractivity contribution in [2.75, 3.05) is 30.3 Å². The van der Waals surface area contributed by atoms with Crippen molar-refractivity contribution in [3.8, 4) is 0 Å². The van der Waals surface area contributed by atoms with Gasteiger partial charge in [0.25, 0.3) is 0 Å². The molecule has 0 aliphatic rings. The van der Waals surface area contributed by atoms with E-state index >= 15 is 0 Å². The standard InChI is InChI=1S/C15H28N4O/c1-5-7-13-18-14(16-6-2)12(4)15(19-13)17-10-11(3)8-9-20/h11,20H,5-10H2,1-4H3,(H2,16,17,18,19). The molecule has 20 heavy (non-hydrogen) atoms. The monoisotopic (exact) mass is 280 g/mol. The minimum Gasteiger partial charge on any atom is -0.396 e. The van der Waals surface area contributed by atoms with Crippen LogP contribution in [0.15, 0.2) is 0 Å². The second-order valence-corrected chi connectivity index (χ2v) is 5.24. The Hall–Kier alpha value is -1.36. The maximum absolute atomic E-state index is 8.95. The zero-order chi connectivity index (χ0) is 15.0. The van der Waals surface area contributed by atoms with Crippen molar-refractivity contribution in [3.63, 3.8) is 0 Å². The zero-order valence-electron chi connectivity index (χ0n) is 13.2. The van der Waals surface area contributed by atoms with E-state index in [1.165, 1.54) is 0 Å². The van der Waals surface area contributed by atoms with Crippen LogP contribution in [0.25, 0.3) is 0 Å². The molecule has 1 unspecified atom stereocenters. The number of nitrogens with zero attached hydrogens (tertiary/aromatic N) is 2. The number of nitrogens with one attached hydrogen (secondary N) is 2. The summed E-state index contributed by atoms with van der Waals surface area (Å²) in [5, 5.41) is 15.6. The normalized spacial score (nSPS) is 12.2. The van der Waals surface area contributed by atoms with Crippen molar-refractivity contribution in [2.24, 2.45) is 5.92 Å². The van der Waals surface area contributed by atoms with Crippen molar-refractivity contribution in [1.82, 2.24) is 9.97 Å².